The van der Waals surface area contributed by atoms with Crippen molar-refractivity contribution in [2.75, 3.05) is 26.7 Å². The van der Waals surface area contributed by atoms with Crippen LogP contribution in [0.2, 0.25) is 0 Å². The predicted molar refractivity (Wildman–Crippen MR) is 91.4 cm³/mol. The van der Waals surface area contributed by atoms with Crippen molar-refractivity contribution in [3.63, 3.8) is 0 Å². The molecule has 2 rings (SSSR count). The highest BCUT2D eigenvalue weighted by molar-refractivity contribution is 7.89. The lowest BCUT2D eigenvalue weighted by Gasteiger charge is -2.27. The maximum Gasteiger partial charge on any atom is 0.239 e. The zero-order valence-corrected chi connectivity index (χ0v) is 15.1. The van der Waals surface area contributed by atoms with Crippen molar-refractivity contribution < 1.29 is 13.2 Å². The summed E-state index contributed by atoms with van der Waals surface area (Å²) in [7, 11) is -1.55. The quantitative estimate of drug-likeness (QED) is 0.754. The second kappa shape index (κ2) is 8.44. The third-order valence-electron chi connectivity index (χ3n) is 5.13. The smallest absolute Gasteiger partial charge is 0.239 e. The first-order valence-electron chi connectivity index (χ1n) is 8.92. The minimum Gasteiger partial charge on any atom is -0.341 e. The molecule has 1 aliphatic heterocycles. The van der Waals surface area contributed by atoms with E-state index in [0.29, 0.717) is 19.4 Å². The largest absolute Gasteiger partial charge is 0.341 e. The molecule has 0 radical (unpaired) electrons. The number of nitrogens with zero attached hydrogens (tertiary/aromatic N) is 2. The average molecular weight is 346 g/mol. The Morgan fingerprint density at radius 3 is 2.39 bits per heavy atom. The lowest BCUT2D eigenvalue weighted by molar-refractivity contribution is -0.131. The molecule has 23 heavy (non-hydrogen) atoms. The lowest BCUT2D eigenvalue weighted by atomic mass is 10.0. The Balaban J connectivity index is 1.74. The van der Waals surface area contributed by atoms with Gasteiger partial charge in [-0.1, -0.05) is 19.3 Å². The van der Waals surface area contributed by atoms with Gasteiger partial charge in [-0.25, -0.2) is 12.7 Å². The maximum absolute atomic E-state index is 12.5. The average Bonchev–Trinajstić information content (AvgIpc) is 3.09. The Labute approximate surface area is 140 Å². The maximum atomic E-state index is 12.5. The molecule has 1 aliphatic carbocycles. The highest BCUT2D eigenvalue weighted by Gasteiger charge is 2.31. The van der Waals surface area contributed by atoms with Gasteiger partial charge >= 0.3 is 0 Å². The van der Waals surface area contributed by atoms with E-state index in [1.165, 1.54) is 4.31 Å². The zero-order valence-electron chi connectivity index (χ0n) is 14.2. The molecule has 0 unspecified atom stereocenters. The van der Waals surface area contributed by atoms with Gasteiger partial charge in [-0.05, 0) is 38.5 Å². The van der Waals surface area contributed by atoms with Crippen LogP contribution in [0.25, 0.3) is 0 Å². The van der Waals surface area contributed by atoms with E-state index in [1.54, 1.807) is 7.05 Å². The van der Waals surface area contributed by atoms with Crippen LogP contribution in [0.3, 0.4) is 0 Å². The first-order chi connectivity index (χ1) is 10.9. The SMILES string of the molecule is CN(CCC[C@H](N)C(=O)N1CCCC1)S(=O)(=O)C1CCCCC1. The molecule has 134 valence electrons. The van der Waals surface area contributed by atoms with Gasteiger partial charge in [-0.3, -0.25) is 4.79 Å². The van der Waals surface area contributed by atoms with Gasteiger partial charge < -0.3 is 10.6 Å². The van der Waals surface area contributed by atoms with Gasteiger partial charge in [0, 0.05) is 26.7 Å². The number of hydrogen-bond acceptors (Lipinski definition) is 4. The fourth-order valence-electron chi connectivity index (χ4n) is 3.57. The molecule has 6 nitrogen and oxygen atoms in total. The predicted octanol–water partition coefficient (Wildman–Crippen LogP) is 1.31. The molecule has 2 fully saturated rings. The van der Waals surface area contributed by atoms with Gasteiger partial charge in [-0.15, -0.1) is 0 Å². The first kappa shape index (κ1) is 18.7. The van der Waals surface area contributed by atoms with Gasteiger partial charge in [0.15, 0.2) is 0 Å². The number of amides is 1. The molecule has 0 aromatic heterocycles. The molecule has 0 spiro atoms. The lowest BCUT2D eigenvalue weighted by Crippen LogP contribution is -2.43. The topological polar surface area (TPSA) is 83.7 Å². The molecule has 0 aromatic rings. The van der Waals surface area contributed by atoms with Crippen molar-refractivity contribution in [1.82, 2.24) is 9.21 Å². The van der Waals surface area contributed by atoms with Crippen LogP contribution < -0.4 is 5.73 Å². The molecule has 0 aromatic carbocycles. The van der Waals surface area contributed by atoms with Crippen molar-refractivity contribution in [2.24, 2.45) is 5.73 Å². The highest BCUT2D eigenvalue weighted by Crippen LogP contribution is 2.25. The van der Waals surface area contributed by atoms with Crippen LogP contribution in [-0.4, -0.2) is 61.5 Å². The standard InChI is InChI=1S/C16H31N3O3S/c1-18(23(21,22)14-8-3-2-4-9-14)11-7-10-15(17)16(20)19-12-5-6-13-19/h14-15H,2-13,17H2,1H3/t15-/m0/s1. The highest BCUT2D eigenvalue weighted by atomic mass is 32.2. The van der Waals surface area contributed by atoms with Gasteiger partial charge in [-0.2, -0.15) is 0 Å². The number of nitrogens with two attached hydrogens (primary N) is 1. The summed E-state index contributed by atoms with van der Waals surface area (Å²) < 4.78 is 26.5. The summed E-state index contributed by atoms with van der Waals surface area (Å²) in [5.74, 6) is 0.0142. The fraction of sp³-hybridized carbons (Fsp3) is 0.938. The normalized spacial score (nSPS) is 21.8. The first-order valence-corrected chi connectivity index (χ1v) is 10.4. The van der Waals surface area contributed by atoms with Crippen molar-refractivity contribution >= 4 is 15.9 Å². The van der Waals surface area contributed by atoms with Gasteiger partial charge in [0.2, 0.25) is 15.9 Å². The summed E-state index contributed by atoms with van der Waals surface area (Å²) in [5.41, 5.74) is 5.98. The van der Waals surface area contributed by atoms with Crippen LogP contribution in [0.4, 0.5) is 0 Å². The van der Waals surface area contributed by atoms with Crippen LogP contribution in [0, 0.1) is 0 Å². The Kier molecular flexibility index (Phi) is 6.85. The van der Waals surface area contributed by atoms with Crippen LogP contribution in [0.1, 0.15) is 57.8 Å². The summed E-state index contributed by atoms with van der Waals surface area (Å²) in [6.07, 6.45) is 7.99. The number of carbonyl (C=O) groups is 1. The van der Waals surface area contributed by atoms with E-state index in [0.717, 1.165) is 58.0 Å². The molecule has 0 bridgehead atoms. The fourth-order valence-corrected chi connectivity index (χ4v) is 5.40. The van der Waals surface area contributed by atoms with Crippen molar-refractivity contribution in [1.29, 1.82) is 0 Å². The molecule has 1 atom stereocenters. The summed E-state index contributed by atoms with van der Waals surface area (Å²) >= 11 is 0. The van der Waals surface area contributed by atoms with Gasteiger partial charge in [0.25, 0.3) is 0 Å². The summed E-state index contributed by atoms with van der Waals surface area (Å²) in [6.45, 7) is 2.06. The van der Waals surface area contributed by atoms with Crippen molar-refractivity contribution in [3.05, 3.63) is 0 Å². The van der Waals surface area contributed by atoms with Crippen LogP contribution in [-0.2, 0) is 14.8 Å². The van der Waals surface area contributed by atoms with Crippen LogP contribution in [0.5, 0.6) is 0 Å². The molecule has 2 aliphatic rings. The van der Waals surface area contributed by atoms with E-state index in [4.69, 9.17) is 5.73 Å². The third kappa shape index (κ3) is 4.90. The second-order valence-corrected chi connectivity index (χ2v) is 9.23. The molecular formula is C16H31N3O3S. The molecular weight excluding hydrogens is 314 g/mol. The van der Waals surface area contributed by atoms with E-state index in [-0.39, 0.29) is 11.2 Å². The number of rotatable bonds is 7. The minimum absolute atomic E-state index is 0.0142. The van der Waals surface area contributed by atoms with Crippen LogP contribution in [0.15, 0.2) is 0 Å². The molecule has 2 N–H and O–H groups in total. The van der Waals surface area contributed by atoms with E-state index in [1.807, 2.05) is 4.90 Å². The van der Waals surface area contributed by atoms with E-state index in [2.05, 4.69) is 0 Å². The summed E-state index contributed by atoms with van der Waals surface area (Å²) in [6, 6.07) is -0.501. The van der Waals surface area contributed by atoms with Crippen LogP contribution >= 0.6 is 0 Å². The number of hydrogen-bond donors (Lipinski definition) is 1. The third-order valence-corrected chi connectivity index (χ3v) is 7.50. The molecule has 7 heteroatoms. The monoisotopic (exact) mass is 345 g/mol. The molecule has 1 saturated heterocycles. The number of sulfonamides is 1. The van der Waals surface area contributed by atoms with E-state index < -0.39 is 16.1 Å². The van der Waals surface area contributed by atoms with Crippen molar-refractivity contribution in [3.8, 4) is 0 Å². The number of carbonyl (C=O) groups excluding carboxylic acids is 1. The minimum atomic E-state index is -3.20. The summed E-state index contributed by atoms with van der Waals surface area (Å²) in [5, 5.41) is -0.221. The molecule has 1 amide bonds. The van der Waals surface area contributed by atoms with Gasteiger partial charge in [0.1, 0.15) is 0 Å². The number of likely N-dealkylation sites (tertiary alicyclic amines) is 1. The summed E-state index contributed by atoms with van der Waals surface area (Å²) in [4.78, 5) is 14.0. The zero-order chi connectivity index (χ0) is 16.9. The van der Waals surface area contributed by atoms with E-state index >= 15 is 0 Å². The molecule has 1 heterocycles. The van der Waals surface area contributed by atoms with Gasteiger partial charge in [0.05, 0.1) is 11.3 Å². The Hall–Kier alpha value is -0.660. The van der Waals surface area contributed by atoms with E-state index in [9.17, 15) is 13.2 Å². The second-order valence-electron chi connectivity index (χ2n) is 6.91. The molecule has 1 saturated carbocycles. The van der Waals surface area contributed by atoms with Crippen molar-refractivity contribution in [2.45, 2.75) is 69.1 Å². The Morgan fingerprint density at radius 1 is 1.17 bits per heavy atom. The Morgan fingerprint density at radius 2 is 1.78 bits per heavy atom. The Bertz CT molecular complexity index is 483.